The second-order valence-electron chi connectivity index (χ2n) is 10.4. The van der Waals surface area contributed by atoms with Gasteiger partial charge in [-0.15, -0.1) is 0 Å². The summed E-state index contributed by atoms with van der Waals surface area (Å²) in [6.45, 7) is 5.68. The van der Waals surface area contributed by atoms with Crippen molar-refractivity contribution >= 4 is 39.1 Å². The van der Waals surface area contributed by atoms with E-state index in [4.69, 9.17) is 21.1 Å². The molecule has 3 aromatic rings. The van der Waals surface area contributed by atoms with Gasteiger partial charge in [-0.2, -0.15) is 0 Å². The molecular weight excluding hydrogens is 590 g/mol. The first-order valence-corrected chi connectivity index (χ1v) is 16.4. The Morgan fingerprint density at radius 3 is 2.26 bits per heavy atom. The predicted octanol–water partition coefficient (Wildman–Crippen LogP) is 4.82. The molecular formula is C32H38ClN3O6S. The Bertz CT molecular complexity index is 1500. The van der Waals surface area contributed by atoms with Gasteiger partial charge in [0.15, 0.2) is 11.5 Å². The van der Waals surface area contributed by atoms with Crippen molar-refractivity contribution in [1.82, 2.24) is 10.2 Å². The molecule has 0 aromatic heterocycles. The molecule has 0 fully saturated rings. The van der Waals surface area contributed by atoms with E-state index in [1.807, 2.05) is 44.2 Å². The number of amides is 2. The molecule has 0 unspecified atom stereocenters. The van der Waals surface area contributed by atoms with Crippen LogP contribution in [0.2, 0.25) is 5.02 Å². The molecule has 1 N–H and O–H groups in total. The standard InChI is InChI=1S/C32H38ClN3O6S/c1-4-23(3)34-32(38)28(19-24-9-7-6-8-10-24)35(21-25-11-13-26(33)14-12-25)31(37)22-36(43(39,40)5-2)27-15-16-29-30(20-27)42-18-17-41-29/h6-16,20,23,28H,4-5,17-19,21-22H2,1-3H3,(H,34,38)/t23-,28+/m0/s1. The Hall–Kier alpha value is -3.76. The number of hydrogen-bond acceptors (Lipinski definition) is 6. The summed E-state index contributed by atoms with van der Waals surface area (Å²) in [6.07, 6.45) is 0.953. The number of hydrogen-bond donors (Lipinski definition) is 1. The Labute approximate surface area is 258 Å². The van der Waals surface area contributed by atoms with Gasteiger partial charge >= 0.3 is 0 Å². The van der Waals surface area contributed by atoms with Crippen molar-refractivity contribution in [2.24, 2.45) is 0 Å². The van der Waals surface area contributed by atoms with E-state index in [0.717, 1.165) is 15.4 Å². The summed E-state index contributed by atoms with van der Waals surface area (Å²) in [5, 5.41) is 3.56. The lowest BCUT2D eigenvalue weighted by molar-refractivity contribution is -0.140. The number of nitrogens with one attached hydrogen (secondary N) is 1. The van der Waals surface area contributed by atoms with Crippen LogP contribution in [0.1, 0.15) is 38.3 Å². The molecule has 2 atom stereocenters. The number of anilines is 1. The van der Waals surface area contributed by atoms with E-state index in [-0.39, 0.29) is 36.4 Å². The second kappa shape index (κ2) is 14.6. The smallest absolute Gasteiger partial charge is 0.244 e. The molecule has 0 saturated heterocycles. The maximum Gasteiger partial charge on any atom is 0.244 e. The van der Waals surface area contributed by atoms with Crippen LogP contribution >= 0.6 is 11.6 Å². The highest BCUT2D eigenvalue weighted by atomic mass is 35.5. The summed E-state index contributed by atoms with van der Waals surface area (Å²) < 4.78 is 39.1. The van der Waals surface area contributed by atoms with Crippen molar-refractivity contribution in [2.75, 3.05) is 29.8 Å². The summed E-state index contributed by atoms with van der Waals surface area (Å²) in [4.78, 5) is 29.5. The van der Waals surface area contributed by atoms with Gasteiger partial charge in [-0.05, 0) is 55.7 Å². The van der Waals surface area contributed by atoms with Crippen molar-refractivity contribution in [1.29, 1.82) is 0 Å². The van der Waals surface area contributed by atoms with E-state index >= 15 is 0 Å². The quantitative estimate of drug-likeness (QED) is 0.291. The van der Waals surface area contributed by atoms with E-state index in [1.54, 1.807) is 42.5 Å². The third-order valence-electron chi connectivity index (χ3n) is 7.33. The van der Waals surface area contributed by atoms with Crippen molar-refractivity contribution in [2.45, 2.75) is 52.2 Å². The zero-order valence-corrected chi connectivity index (χ0v) is 26.2. The Morgan fingerprint density at radius 2 is 1.60 bits per heavy atom. The number of carbonyl (C=O) groups excluding carboxylic acids is 2. The van der Waals surface area contributed by atoms with Gasteiger partial charge in [0.25, 0.3) is 0 Å². The van der Waals surface area contributed by atoms with Crippen LogP contribution in [0.3, 0.4) is 0 Å². The summed E-state index contributed by atoms with van der Waals surface area (Å²) in [6, 6.07) is 20.2. The molecule has 0 bridgehead atoms. The molecule has 1 heterocycles. The van der Waals surface area contributed by atoms with E-state index in [2.05, 4.69) is 5.32 Å². The fourth-order valence-electron chi connectivity index (χ4n) is 4.69. The minimum atomic E-state index is -3.90. The van der Waals surface area contributed by atoms with Crippen LogP contribution < -0.4 is 19.1 Å². The highest BCUT2D eigenvalue weighted by Crippen LogP contribution is 2.35. The van der Waals surface area contributed by atoms with Gasteiger partial charge < -0.3 is 19.7 Å². The summed E-state index contributed by atoms with van der Waals surface area (Å²) >= 11 is 6.12. The van der Waals surface area contributed by atoms with Gasteiger partial charge in [-0.1, -0.05) is 61.0 Å². The van der Waals surface area contributed by atoms with Crippen molar-refractivity contribution < 1.29 is 27.5 Å². The molecule has 230 valence electrons. The fraction of sp³-hybridized carbons (Fsp3) is 0.375. The predicted molar refractivity (Wildman–Crippen MR) is 168 cm³/mol. The van der Waals surface area contributed by atoms with Crippen LogP contribution in [-0.4, -0.2) is 62.7 Å². The topological polar surface area (TPSA) is 105 Å². The molecule has 1 aliphatic rings. The second-order valence-corrected chi connectivity index (χ2v) is 13.0. The molecule has 4 rings (SSSR count). The maximum absolute atomic E-state index is 14.3. The Morgan fingerprint density at radius 1 is 0.930 bits per heavy atom. The summed E-state index contributed by atoms with van der Waals surface area (Å²) in [5.74, 6) is -0.162. The molecule has 0 spiro atoms. The average Bonchev–Trinajstić information content (AvgIpc) is 3.02. The molecule has 0 radical (unpaired) electrons. The van der Waals surface area contributed by atoms with Crippen LogP contribution in [0, 0.1) is 0 Å². The van der Waals surface area contributed by atoms with Crippen molar-refractivity contribution in [3.63, 3.8) is 0 Å². The normalized spacial score (nSPS) is 14.0. The van der Waals surface area contributed by atoms with Gasteiger partial charge in [0, 0.05) is 30.1 Å². The summed E-state index contributed by atoms with van der Waals surface area (Å²) in [7, 11) is -3.90. The Kier molecular flexibility index (Phi) is 10.9. The fourth-order valence-corrected chi connectivity index (χ4v) is 5.87. The van der Waals surface area contributed by atoms with Crippen LogP contribution in [0.15, 0.2) is 72.8 Å². The molecule has 0 saturated carbocycles. The summed E-state index contributed by atoms with van der Waals surface area (Å²) in [5.41, 5.74) is 1.89. The molecule has 3 aromatic carbocycles. The molecule has 1 aliphatic heterocycles. The molecule has 9 nitrogen and oxygen atoms in total. The van der Waals surface area contributed by atoms with Crippen LogP contribution in [0.4, 0.5) is 5.69 Å². The van der Waals surface area contributed by atoms with E-state index < -0.39 is 28.5 Å². The Balaban J connectivity index is 1.75. The monoisotopic (exact) mass is 627 g/mol. The van der Waals surface area contributed by atoms with Crippen molar-refractivity contribution in [3.05, 3.63) is 88.9 Å². The minimum Gasteiger partial charge on any atom is -0.486 e. The number of sulfonamides is 1. The zero-order valence-electron chi connectivity index (χ0n) is 24.7. The lowest BCUT2D eigenvalue weighted by Gasteiger charge is -2.34. The van der Waals surface area contributed by atoms with E-state index in [9.17, 15) is 18.0 Å². The van der Waals surface area contributed by atoms with Gasteiger partial charge in [0.1, 0.15) is 25.8 Å². The number of benzene rings is 3. The van der Waals surface area contributed by atoms with Gasteiger partial charge in [-0.3, -0.25) is 13.9 Å². The number of carbonyl (C=O) groups is 2. The van der Waals surface area contributed by atoms with Crippen LogP contribution in [-0.2, 0) is 32.6 Å². The average molecular weight is 628 g/mol. The molecule has 43 heavy (non-hydrogen) atoms. The first-order chi connectivity index (χ1) is 20.6. The van der Waals surface area contributed by atoms with Gasteiger partial charge in [0.2, 0.25) is 21.8 Å². The third kappa shape index (κ3) is 8.42. The SMILES string of the molecule is CC[C@H](C)NC(=O)[C@@H](Cc1ccccc1)N(Cc1ccc(Cl)cc1)C(=O)CN(c1ccc2c(c1)OCCO2)S(=O)(=O)CC. The molecule has 11 heteroatoms. The lowest BCUT2D eigenvalue weighted by Crippen LogP contribution is -2.54. The number of ether oxygens (including phenoxy) is 2. The van der Waals surface area contributed by atoms with Crippen LogP contribution in [0.5, 0.6) is 11.5 Å². The highest BCUT2D eigenvalue weighted by molar-refractivity contribution is 7.92. The van der Waals surface area contributed by atoms with E-state index in [1.165, 1.54) is 11.8 Å². The molecule has 0 aliphatic carbocycles. The minimum absolute atomic E-state index is 0.0720. The lowest BCUT2D eigenvalue weighted by atomic mass is 10.0. The molecule has 2 amide bonds. The number of halogens is 1. The van der Waals surface area contributed by atoms with E-state index in [0.29, 0.717) is 36.2 Å². The van der Waals surface area contributed by atoms with Gasteiger partial charge in [0.05, 0.1) is 11.4 Å². The highest BCUT2D eigenvalue weighted by Gasteiger charge is 2.34. The zero-order chi connectivity index (χ0) is 31.0. The van der Waals surface area contributed by atoms with Gasteiger partial charge in [-0.25, -0.2) is 8.42 Å². The maximum atomic E-state index is 14.3. The van der Waals surface area contributed by atoms with Crippen LogP contribution in [0.25, 0.3) is 0 Å². The largest absolute Gasteiger partial charge is 0.486 e. The van der Waals surface area contributed by atoms with Crippen molar-refractivity contribution in [3.8, 4) is 11.5 Å². The third-order valence-corrected chi connectivity index (χ3v) is 9.32. The first-order valence-electron chi connectivity index (χ1n) is 14.4. The number of rotatable bonds is 13. The number of nitrogens with zero attached hydrogens (tertiary/aromatic N) is 2. The first kappa shape index (κ1) is 32.2. The number of fused-ring (bicyclic) bond motifs is 1.